The maximum atomic E-state index is 13.3. The van der Waals surface area contributed by atoms with Crippen molar-refractivity contribution in [2.75, 3.05) is 0 Å². The van der Waals surface area contributed by atoms with Crippen LogP contribution in [0.3, 0.4) is 0 Å². The summed E-state index contributed by atoms with van der Waals surface area (Å²) in [7, 11) is 2.32. The van der Waals surface area contributed by atoms with Gasteiger partial charge in [0.2, 0.25) is 0 Å². The molecule has 0 aromatic heterocycles. The average Bonchev–Trinajstić information content (AvgIpc) is 2.51. The van der Waals surface area contributed by atoms with Gasteiger partial charge in [0.1, 0.15) is 7.85 Å². The third-order valence-electron chi connectivity index (χ3n) is 4.65. The molecule has 0 nitrogen and oxygen atoms in total. The molecule has 21 heavy (non-hydrogen) atoms. The van der Waals surface area contributed by atoms with Crippen LogP contribution in [0.25, 0.3) is 11.1 Å². The summed E-state index contributed by atoms with van der Waals surface area (Å²) in [5.74, 6) is -0.0903. The Hall–Kier alpha value is -1.64. The van der Waals surface area contributed by atoms with Gasteiger partial charge in [-0.2, -0.15) is 0 Å². The Morgan fingerprint density at radius 2 is 1.38 bits per heavy atom. The minimum Gasteiger partial charge on any atom is -0.204 e. The summed E-state index contributed by atoms with van der Waals surface area (Å²) >= 11 is 0. The molecule has 0 unspecified atom stereocenters. The van der Waals surface area contributed by atoms with Crippen LogP contribution in [0.15, 0.2) is 42.5 Å². The highest BCUT2D eigenvalue weighted by molar-refractivity contribution is 6.11. The molecule has 2 aromatic rings. The normalized spacial score (nSPS) is 22.2. The Labute approximate surface area is 125 Å². The van der Waals surface area contributed by atoms with Gasteiger partial charge in [-0.1, -0.05) is 49.0 Å². The van der Waals surface area contributed by atoms with E-state index in [0.717, 1.165) is 16.9 Å². The maximum absolute atomic E-state index is 13.3. The van der Waals surface area contributed by atoms with Gasteiger partial charge >= 0.3 is 0 Å². The predicted octanol–water partition coefficient (Wildman–Crippen LogP) is 4.71. The van der Waals surface area contributed by atoms with E-state index in [2.05, 4.69) is 20.0 Å². The van der Waals surface area contributed by atoms with Crippen molar-refractivity contribution in [3.8, 4) is 11.1 Å². The first kappa shape index (κ1) is 14.3. The van der Waals surface area contributed by atoms with Gasteiger partial charge in [-0.25, -0.2) is 8.78 Å². The zero-order valence-corrected chi connectivity index (χ0v) is 12.3. The van der Waals surface area contributed by atoms with Gasteiger partial charge in [0, 0.05) is 0 Å². The molecule has 1 fully saturated rings. The van der Waals surface area contributed by atoms with Gasteiger partial charge in [-0.3, -0.25) is 0 Å². The maximum Gasteiger partial charge on any atom is 0.159 e. The standard InChI is InChI=1S/C18H19BF2/c19-16-8-5-13(6-9-16)12-1-3-14(4-2-12)15-7-10-17(20)18(21)11-15/h1-4,7,10-11,13,16H,5-6,8-9,19H2. The second kappa shape index (κ2) is 6.01. The molecular weight excluding hydrogens is 265 g/mol. The number of halogens is 2. The Kier molecular flexibility index (Phi) is 4.09. The third kappa shape index (κ3) is 3.17. The lowest BCUT2D eigenvalue weighted by Gasteiger charge is -2.26. The van der Waals surface area contributed by atoms with Crippen molar-refractivity contribution >= 4 is 7.85 Å². The Balaban J connectivity index is 1.79. The van der Waals surface area contributed by atoms with Gasteiger partial charge in [-0.05, 0) is 47.6 Å². The SMILES string of the molecule is BC1CCC(c2ccc(-c3ccc(F)c(F)c3)cc2)CC1. The van der Waals surface area contributed by atoms with Crippen molar-refractivity contribution in [2.24, 2.45) is 0 Å². The van der Waals surface area contributed by atoms with E-state index in [1.165, 1.54) is 43.4 Å². The molecule has 3 heteroatoms. The van der Waals surface area contributed by atoms with Crippen LogP contribution in [-0.4, -0.2) is 7.85 Å². The predicted molar refractivity (Wildman–Crippen MR) is 85.3 cm³/mol. The summed E-state index contributed by atoms with van der Waals surface area (Å²) in [6, 6.07) is 12.4. The van der Waals surface area contributed by atoms with Crippen LogP contribution in [0.5, 0.6) is 0 Å². The van der Waals surface area contributed by atoms with Gasteiger partial charge < -0.3 is 0 Å². The molecule has 1 aliphatic carbocycles. The molecule has 0 saturated heterocycles. The van der Waals surface area contributed by atoms with Crippen LogP contribution in [0.1, 0.15) is 37.2 Å². The minimum atomic E-state index is -0.799. The number of rotatable bonds is 2. The van der Waals surface area contributed by atoms with Crippen LogP contribution >= 0.6 is 0 Å². The van der Waals surface area contributed by atoms with Gasteiger partial charge in [0.05, 0.1) is 0 Å². The van der Waals surface area contributed by atoms with Crippen molar-refractivity contribution in [3.63, 3.8) is 0 Å². The van der Waals surface area contributed by atoms with Crippen molar-refractivity contribution in [3.05, 3.63) is 59.7 Å². The number of benzene rings is 2. The molecule has 0 atom stereocenters. The first-order chi connectivity index (χ1) is 10.1. The molecule has 0 heterocycles. The summed E-state index contributed by atoms with van der Waals surface area (Å²) in [5.41, 5.74) is 3.02. The average molecular weight is 284 g/mol. The summed E-state index contributed by atoms with van der Waals surface area (Å²) in [6.07, 6.45) is 5.11. The summed E-state index contributed by atoms with van der Waals surface area (Å²) in [5, 5.41) is 0. The number of hydrogen-bond donors (Lipinski definition) is 0. The van der Waals surface area contributed by atoms with E-state index in [1.54, 1.807) is 6.07 Å². The first-order valence-electron chi connectivity index (χ1n) is 7.69. The largest absolute Gasteiger partial charge is 0.204 e. The highest BCUT2D eigenvalue weighted by Gasteiger charge is 2.19. The molecule has 1 aliphatic rings. The zero-order valence-electron chi connectivity index (χ0n) is 12.3. The fourth-order valence-electron chi connectivity index (χ4n) is 3.22. The molecule has 2 aromatic carbocycles. The Bertz CT molecular complexity index is 614. The fourth-order valence-corrected chi connectivity index (χ4v) is 3.22. The van der Waals surface area contributed by atoms with Crippen LogP contribution in [0.4, 0.5) is 8.78 Å². The molecule has 0 aliphatic heterocycles. The van der Waals surface area contributed by atoms with Crippen LogP contribution < -0.4 is 0 Å². The topological polar surface area (TPSA) is 0 Å². The lowest BCUT2D eigenvalue weighted by atomic mass is 9.70. The highest BCUT2D eigenvalue weighted by atomic mass is 19.2. The summed E-state index contributed by atoms with van der Waals surface area (Å²) in [4.78, 5) is 0. The van der Waals surface area contributed by atoms with E-state index >= 15 is 0 Å². The van der Waals surface area contributed by atoms with Gasteiger partial charge in [0.25, 0.3) is 0 Å². The van der Waals surface area contributed by atoms with Crippen LogP contribution in [0.2, 0.25) is 5.82 Å². The highest BCUT2D eigenvalue weighted by Crippen LogP contribution is 2.37. The van der Waals surface area contributed by atoms with E-state index < -0.39 is 11.6 Å². The van der Waals surface area contributed by atoms with Crippen molar-refractivity contribution in [1.29, 1.82) is 0 Å². The van der Waals surface area contributed by atoms with E-state index in [9.17, 15) is 8.78 Å². The Morgan fingerprint density at radius 3 is 2.00 bits per heavy atom. The minimum absolute atomic E-state index is 0.653. The molecule has 1 saturated carbocycles. The Morgan fingerprint density at radius 1 is 0.762 bits per heavy atom. The van der Waals surface area contributed by atoms with Gasteiger partial charge in [0.15, 0.2) is 11.6 Å². The van der Waals surface area contributed by atoms with E-state index in [-0.39, 0.29) is 0 Å². The fraction of sp³-hybridized carbons (Fsp3) is 0.333. The molecule has 108 valence electrons. The van der Waals surface area contributed by atoms with Crippen molar-refractivity contribution in [1.82, 2.24) is 0 Å². The molecule has 0 N–H and O–H groups in total. The quantitative estimate of drug-likeness (QED) is 0.700. The third-order valence-corrected chi connectivity index (χ3v) is 4.65. The van der Waals surface area contributed by atoms with E-state index in [1.807, 2.05) is 12.1 Å². The lowest BCUT2D eigenvalue weighted by Crippen LogP contribution is -2.09. The second-order valence-electron chi connectivity index (χ2n) is 6.21. The monoisotopic (exact) mass is 284 g/mol. The molecule has 3 rings (SSSR count). The van der Waals surface area contributed by atoms with Gasteiger partial charge in [-0.15, -0.1) is 0 Å². The second-order valence-corrected chi connectivity index (χ2v) is 6.21. The molecule has 0 bridgehead atoms. The first-order valence-corrected chi connectivity index (χ1v) is 7.69. The molecule has 0 amide bonds. The van der Waals surface area contributed by atoms with E-state index in [4.69, 9.17) is 0 Å². The van der Waals surface area contributed by atoms with Crippen molar-refractivity contribution in [2.45, 2.75) is 37.4 Å². The molecule has 0 radical (unpaired) electrons. The zero-order chi connectivity index (χ0) is 14.8. The molecule has 0 spiro atoms. The lowest BCUT2D eigenvalue weighted by molar-refractivity contribution is 0.444. The smallest absolute Gasteiger partial charge is 0.159 e. The van der Waals surface area contributed by atoms with Crippen molar-refractivity contribution < 1.29 is 8.78 Å². The van der Waals surface area contributed by atoms with E-state index in [0.29, 0.717) is 5.92 Å². The van der Waals surface area contributed by atoms with Crippen LogP contribution in [-0.2, 0) is 0 Å². The van der Waals surface area contributed by atoms with Crippen LogP contribution in [0, 0.1) is 11.6 Å². The number of hydrogen-bond acceptors (Lipinski definition) is 0. The summed E-state index contributed by atoms with van der Waals surface area (Å²) < 4.78 is 26.3. The summed E-state index contributed by atoms with van der Waals surface area (Å²) in [6.45, 7) is 0. The molecular formula is C18H19BF2.